The topological polar surface area (TPSA) is 55.8 Å². The van der Waals surface area contributed by atoms with E-state index in [0.29, 0.717) is 19.8 Å². The third-order valence-electron chi connectivity index (χ3n) is 4.07. The number of amides is 2. The molecular formula is C15H27NO4Si. The Hall–Kier alpha value is -1.14. The van der Waals surface area contributed by atoms with Gasteiger partial charge in [-0.2, -0.15) is 0 Å². The maximum Gasteiger partial charge on any atom is 0.416 e. The highest BCUT2D eigenvalue weighted by atomic mass is 28.4. The molecule has 0 atom stereocenters. The first-order valence-corrected chi connectivity index (χ1v) is 10.3. The Kier molecular flexibility index (Phi) is 6.16. The second-order valence-electron chi connectivity index (χ2n) is 6.76. The number of allylic oxidation sites excluding steroid dienone is 1. The van der Waals surface area contributed by atoms with E-state index in [1.165, 1.54) is 6.08 Å². The predicted octanol–water partition coefficient (Wildman–Crippen LogP) is 3.32. The van der Waals surface area contributed by atoms with Gasteiger partial charge >= 0.3 is 6.09 Å². The van der Waals surface area contributed by atoms with Crippen molar-refractivity contribution in [3.05, 3.63) is 12.2 Å². The molecule has 0 aromatic heterocycles. The summed E-state index contributed by atoms with van der Waals surface area (Å²) in [5.41, 5.74) is 0. The average Bonchev–Trinajstić information content (AvgIpc) is 2.78. The van der Waals surface area contributed by atoms with Crippen LogP contribution in [0.25, 0.3) is 0 Å². The van der Waals surface area contributed by atoms with Crippen molar-refractivity contribution in [2.75, 3.05) is 19.8 Å². The van der Waals surface area contributed by atoms with Crippen molar-refractivity contribution in [2.45, 2.75) is 51.7 Å². The molecule has 1 rings (SSSR count). The van der Waals surface area contributed by atoms with E-state index in [2.05, 4.69) is 33.9 Å². The molecule has 1 aliphatic heterocycles. The molecule has 0 aliphatic carbocycles. The Morgan fingerprint density at radius 3 is 2.62 bits per heavy atom. The van der Waals surface area contributed by atoms with Gasteiger partial charge in [-0.3, -0.25) is 4.79 Å². The maximum absolute atomic E-state index is 11.7. The van der Waals surface area contributed by atoms with Gasteiger partial charge in [0.25, 0.3) is 5.91 Å². The minimum Gasteiger partial charge on any atom is -0.447 e. The highest BCUT2D eigenvalue weighted by molar-refractivity contribution is 6.74. The fourth-order valence-corrected chi connectivity index (χ4v) is 2.70. The smallest absolute Gasteiger partial charge is 0.416 e. The Morgan fingerprint density at radius 1 is 1.43 bits per heavy atom. The number of cyclic esters (lactones) is 1. The molecular weight excluding hydrogens is 286 g/mol. The SMILES string of the molecule is CC(C)(C)[Si](C)(C)OCCC/C=C/C(=O)N1CCOC1=O. The molecule has 0 radical (unpaired) electrons. The van der Waals surface area contributed by atoms with Gasteiger partial charge in [0.1, 0.15) is 6.61 Å². The first-order chi connectivity index (χ1) is 9.65. The van der Waals surface area contributed by atoms with E-state index in [1.807, 2.05) is 0 Å². The van der Waals surface area contributed by atoms with Gasteiger partial charge in [-0.1, -0.05) is 26.8 Å². The first-order valence-electron chi connectivity index (χ1n) is 7.44. The molecule has 0 aromatic rings. The number of ether oxygens (including phenoxy) is 1. The standard InChI is InChI=1S/C15H27NO4Si/c1-15(2,3)21(4,5)20-11-8-6-7-9-13(17)16-10-12-19-14(16)18/h7,9H,6,8,10-12H2,1-5H3/b9-7+. The van der Waals surface area contributed by atoms with Gasteiger partial charge in [0.2, 0.25) is 0 Å². The summed E-state index contributed by atoms with van der Waals surface area (Å²) in [5, 5.41) is 0.217. The highest BCUT2D eigenvalue weighted by Crippen LogP contribution is 2.36. The van der Waals surface area contributed by atoms with Gasteiger partial charge in [0.15, 0.2) is 8.32 Å². The van der Waals surface area contributed by atoms with Gasteiger partial charge in [-0.25, -0.2) is 9.69 Å². The van der Waals surface area contributed by atoms with Crippen LogP contribution in [0, 0.1) is 0 Å². The molecule has 120 valence electrons. The number of imide groups is 1. The lowest BCUT2D eigenvalue weighted by Crippen LogP contribution is -2.40. The quantitative estimate of drug-likeness (QED) is 0.429. The van der Waals surface area contributed by atoms with Crippen LogP contribution >= 0.6 is 0 Å². The Bertz CT molecular complexity index is 412. The summed E-state index contributed by atoms with van der Waals surface area (Å²) < 4.78 is 10.8. The maximum atomic E-state index is 11.7. The van der Waals surface area contributed by atoms with Crippen LogP contribution in [0.5, 0.6) is 0 Å². The molecule has 0 spiro atoms. The molecule has 5 nitrogen and oxygen atoms in total. The van der Waals surface area contributed by atoms with Gasteiger partial charge in [-0.15, -0.1) is 0 Å². The van der Waals surface area contributed by atoms with Crippen molar-refractivity contribution < 1.29 is 18.8 Å². The molecule has 0 aromatic carbocycles. The zero-order chi connectivity index (χ0) is 16.1. The second kappa shape index (κ2) is 7.22. The number of hydrogen-bond acceptors (Lipinski definition) is 4. The summed E-state index contributed by atoms with van der Waals surface area (Å²) in [6, 6.07) is 0. The van der Waals surface area contributed by atoms with Crippen molar-refractivity contribution in [1.82, 2.24) is 4.90 Å². The minimum absolute atomic E-state index is 0.217. The largest absolute Gasteiger partial charge is 0.447 e. The van der Waals surface area contributed by atoms with Crippen LogP contribution in [0.1, 0.15) is 33.6 Å². The Labute approximate surface area is 128 Å². The molecule has 0 saturated carbocycles. The van der Waals surface area contributed by atoms with Crippen LogP contribution in [-0.4, -0.2) is 45.0 Å². The molecule has 1 saturated heterocycles. The monoisotopic (exact) mass is 313 g/mol. The van der Waals surface area contributed by atoms with E-state index in [0.717, 1.165) is 17.7 Å². The third kappa shape index (κ3) is 5.28. The van der Waals surface area contributed by atoms with E-state index in [1.54, 1.807) is 6.08 Å². The van der Waals surface area contributed by atoms with Crippen LogP contribution < -0.4 is 0 Å². The molecule has 21 heavy (non-hydrogen) atoms. The van der Waals surface area contributed by atoms with Gasteiger partial charge < -0.3 is 9.16 Å². The number of carbonyl (C=O) groups is 2. The minimum atomic E-state index is -1.68. The zero-order valence-corrected chi connectivity index (χ0v) is 14.8. The lowest BCUT2D eigenvalue weighted by atomic mass is 10.2. The lowest BCUT2D eigenvalue weighted by Gasteiger charge is -2.36. The van der Waals surface area contributed by atoms with E-state index < -0.39 is 14.4 Å². The van der Waals surface area contributed by atoms with Crippen LogP contribution in [0.2, 0.25) is 18.1 Å². The van der Waals surface area contributed by atoms with Crippen molar-refractivity contribution in [2.24, 2.45) is 0 Å². The second-order valence-corrected chi connectivity index (χ2v) is 11.6. The zero-order valence-electron chi connectivity index (χ0n) is 13.8. The number of rotatable bonds is 6. The van der Waals surface area contributed by atoms with E-state index in [9.17, 15) is 9.59 Å². The number of unbranched alkanes of at least 4 members (excludes halogenated alkanes) is 1. The van der Waals surface area contributed by atoms with Crippen LogP contribution in [-0.2, 0) is 14.0 Å². The lowest BCUT2D eigenvalue weighted by molar-refractivity contribution is -0.122. The predicted molar refractivity (Wildman–Crippen MR) is 84.6 cm³/mol. The van der Waals surface area contributed by atoms with Crippen LogP contribution in [0.15, 0.2) is 12.2 Å². The van der Waals surface area contributed by atoms with E-state index in [-0.39, 0.29) is 10.9 Å². The Morgan fingerprint density at radius 2 is 2.10 bits per heavy atom. The molecule has 0 bridgehead atoms. The van der Waals surface area contributed by atoms with Gasteiger partial charge in [-0.05, 0) is 37.0 Å². The van der Waals surface area contributed by atoms with Crippen molar-refractivity contribution in [3.63, 3.8) is 0 Å². The first kappa shape index (κ1) is 17.9. The summed E-state index contributed by atoms with van der Waals surface area (Å²) >= 11 is 0. The molecule has 0 unspecified atom stereocenters. The summed E-state index contributed by atoms with van der Waals surface area (Å²) in [6.45, 7) is 12.4. The fourth-order valence-electron chi connectivity index (χ4n) is 1.61. The summed E-state index contributed by atoms with van der Waals surface area (Å²) in [7, 11) is -1.68. The average molecular weight is 313 g/mol. The number of carbonyl (C=O) groups excluding carboxylic acids is 2. The highest BCUT2D eigenvalue weighted by Gasteiger charge is 2.36. The van der Waals surface area contributed by atoms with Gasteiger partial charge in [0, 0.05) is 6.61 Å². The molecule has 1 heterocycles. The number of nitrogens with zero attached hydrogens (tertiary/aromatic N) is 1. The third-order valence-corrected chi connectivity index (χ3v) is 8.61. The molecule has 0 N–H and O–H groups in total. The molecule has 1 fully saturated rings. The van der Waals surface area contributed by atoms with Gasteiger partial charge in [0.05, 0.1) is 6.54 Å². The summed E-state index contributed by atoms with van der Waals surface area (Å²) in [6.07, 6.45) is 4.33. The van der Waals surface area contributed by atoms with E-state index in [4.69, 9.17) is 9.16 Å². The molecule has 2 amide bonds. The summed E-state index contributed by atoms with van der Waals surface area (Å²) in [5.74, 6) is -0.303. The van der Waals surface area contributed by atoms with Crippen LogP contribution in [0.3, 0.4) is 0 Å². The normalized spacial score (nSPS) is 16.6. The van der Waals surface area contributed by atoms with Crippen molar-refractivity contribution in [3.8, 4) is 0 Å². The molecule has 1 aliphatic rings. The molecule has 6 heteroatoms. The fraction of sp³-hybridized carbons (Fsp3) is 0.733. The van der Waals surface area contributed by atoms with Crippen molar-refractivity contribution >= 4 is 20.3 Å². The van der Waals surface area contributed by atoms with Crippen LogP contribution in [0.4, 0.5) is 4.79 Å². The summed E-state index contributed by atoms with van der Waals surface area (Å²) in [4.78, 5) is 24.0. The number of hydrogen-bond donors (Lipinski definition) is 0. The van der Waals surface area contributed by atoms with Crippen molar-refractivity contribution in [1.29, 1.82) is 0 Å². The van der Waals surface area contributed by atoms with E-state index >= 15 is 0 Å². The Balaban J connectivity index is 2.24.